The fraction of sp³-hybridized carbons (Fsp3) is 0.167. The number of rotatable bonds is 3. The molecular weight excluding hydrogens is 351 g/mol. The third-order valence-electron chi connectivity index (χ3n) is 2.56. The SMILES string of the molecule is Cc1cc(Nc2cc(NN)nc(C(F)(F)F)n2)ccc1Br. The molecule has 5 nitrogen and oxygen atoms in total. The highest BCUT2D eigenvalue weighted by Gasteiger charge is 2.35. The predicted molar refractivity (Wildman–Crippen MR) is 77.0 cm³/mol. The zero-order valence-electron chi connectivity index (χ0n) is 10.8. The van der Waals surface area contributed by atoms with Crippen LogP contribution in [0, 0.1) is 6.92 Å². The highest BCUT2D eigenvalue weighted by molar-refractivity contribution is 9.10. The number of hydrazine groups is 1. The molecule has 0 aliphatic rings. The van der Waals surface area contributed by atoms with Gasteiger partial charge in [0.15, 0.2) is 0 Å². The second kappa shape index (κ2) is 5.86. The van der Waals surface area contributed by atoms with E-state index in [9.17, 15) is 13.2 Å². The van der Waals surface area contributed by atoms with Crippen LogP contribution in [-0.4, -0.2) is 9.97 Å². The summed E-state index contributed by atoms with van der Waals surface area (Å²) in [5.74, 6) is 3.72. The molecule has 0 atom stereocenters. The number of alkyl halides is 3. The standard InChI is InChI=1S/C12H11BrF3N5/c1-6-4-7(2-3-8(6)13)18-9-5-10(21-17)20-11(19-9)12(14,15)16/h2-5H,17H2,1H3,(H2,18,19,20,21). The summed E-state index contributed by atoms with van der Waals surface area (Å²) in [6.07, 6.45) is -4.65. The van der Waals surface area contributed by atoms with E-state index in [1.165, 1.54) is 6.07 Å². The molecule has 0 radical (unpaired) electrons. The van der Waals surface area contributed by atoms with Crippen LogP contribution >= 0.6 is 15.9 Å². The van der Waals surface area contributed by atoms with E-state index in [0.717, 1.165) is 10.0 Å². The van der Waals surface area contributed by atoms with Gasteiger partial charge in [-0.05, 0) is 30.7 Å². The minimum Gasteiger partial charge on any atom is -0.340 e. The smallest absolute Gasteiger partial charge is 0.340 e. The van der Waals surface area contributed by atoms with Crippen LogP contribution in [0.2, 0.25) is 0 Å². The first-order valence-electron chi connectivity index (χ1n) is 5.75. The first-order chi connectivity index (χ1) is 9.79. The third kappa shape index (κ3) is 3.82. The van der Waals surface area contributed by atoms with Crippen LogP contribution in [0.25, 0.3) is 0 Å². The average Bonchev–Trinajstić information content (AvgIpc) is 2.41. The van der Waals surface area contributed by atoms with Crippen LogP contribution in [0.5, 0.6) is 0 Å². The summed E-state index contributed by atoms with van der Waals surface area (Å²) in [6.45, 7) is 1.86. The normalized spacial score (nSPS) is 11.3. The van der Waals surface area contributed by atoms with Gasteiger partial charge in [-0.25, -0.2) is 15.8 Å². The zero-order chi connectivity index (χ0) is 15.6. The molecule has 21 heavy (non-hydrogen) atoms. The summed E-state index contributed by atoms with van der Waals surface area (Å²) < 4.78 is 39.0. The van der Waals surface area contributed by atoms with Gasteiger partial charge in [0.1, 0.15) is 11.6 Å². The number of hydrogen-bond donors (Lipinski definition) is 3. The van der Waals surface area contributed by atoms with Crippen molar-refractivity contribution < 1.29 is 13.2 Å². The molecule has 0 unspecified atom stereocenters. The predicted octanol–water partition coefficient (Wildman–Crippen LogP) is 3.60. The van der Waals surface area contributed by atoms with Crippen molar-refractivity contribution in [1.29, 1.82) is 0 Å². The minimum absolute atomic E-state index is 0.00741. The Morgan fingerprint density at radius 1 is 1.14 bits per heavy atom. The summed E-state index contributed by atoms with van der Waals surface area (Å²) in [6, 6.07) is 6.55. The van der Waals surface area contributed by atoms with Gasteiger partial charge < -0.3 is 10.7 Å². The van der Waals surface area contributed by atoms with Crippen molar-refractivity contribution in [3.05, 3.63) is 40.1 Å². The van der Waals surface area contributed by atoms with E-state index in [0.29, 0.717) is 5.69 Å². The Morgan fingerprint density at radius 2 is 1.81 bits per heavy atom. The van der Waals surface area contributed by atoms with Crippen molar-refractivity contribution >= 4 is 33.3 Å². The van der Waals surface area contributed by atoms with E-state index in [1.54, 1.807) is 18.2 Å². The van der Waals surface area contributed by atoms with Gasteiger partial charge >= 0.3 is 6.18 Å². The number of nitrogens with one attached hydrogen (secondary N) is 2. The van der Waals surface area contributed by atoms with Crippen molar-refractivity contribution in [2.75, 3.05) is 10.7 Å². The molecule has 1 aromatic carbocycles. The topological polar surface area (TPSA) is 75.9 Å². The molecule has 0 spiro atoms. The van der Waals surface area contributed by atoms with E-state index in [1.807, 2.05) is 6.92 Å². The average molecular weight is 362 g/mol. The van der Waals surface area contributed by atoms with Crippen molar-refractivity contribution in [3.63, 3.8) is 0 Å². The molecule has 1 aromatic heterocycles. The number of nitrogens with two attached hydrogens (primary N) is 1. The number of halogens is 4. The molecule has 0 saturated heterocycles. The molecular formula is C12H11BrF3N5. The maximum absolute atomic E-state index is 12.7. The van der Waals surface area contributed by atoms with Crippen molar-refractivity contribution in [2.24, 2.45) is 5.84 Å². The second-order valence-electron chi connectivity index (χ2n) is 4.19. The molecule has 0 saturated carbocycles. The van der Waals surface area contributed by atoms with Crippen LogP contribution in [0.1, 0.15) is 11.4 Å². The third-order valence-corrected chi connectivity index (χ3v) is 3.45. The van der Waals surface area contributed by atoms with Crippen LogP contribution in [0.4, 0.5) is 30.5 Å². The van der Waals surface area contributed by atoms with E-state index < -0.39 is 12.0 Å². The first kappa shape index (κ1) is 15.5. The Bertz CT molecular complexity index is 660. The Balaban J connectivity index is 2.36. The molecule has 0 fully saturated rings. The van der Waals surface area contributed by atoms with E-state index in [-0.39, 0.29) is 11.6 Å². The lowest BCUT2D eigenvalue weighted by molar-refractivity contribution is -0.144. The quantitative estimate of drug-likeness (QED) is 0.575. The maximum atomic E-state index is 12.7. The lowest BCUT2D eigenvalue weighted by Crippen LogP contribution is -2.16. The molecule has 0 amide bonds. The molecule has 9 heteroatoms. The number of aromatic nitrogens is 2. The summed E-state index contributed by atoms with van der Waals surface area (Å²) >= 11 is 3.35. The van der Waals surface area contributed by atoms with E-state index in [4.69, 9.17) is 5.84 Å². The Hall–Kier alpha value is -1.87. The lowest BCUT2D eigenvalue weighted by atomic mass is 10.2. The highest BCUT2D eigenvalue weighted by atomic mass is 79.9. The molecule has 0 aliphatic heterocycles. The van der Waals surface area contributed by atoms with Gasteiger partial charge in [0.05, 0.1) is 0 Å². The van der Waals surface area contributed by atoms with Crippen LogP contribution in [-0.2, 0) is 6.18 Å². The largest absolute Gasteiger partial charge is 0.451 e. The van der Waals surface area contributed by atoms with Crippen LogP contribution in [0.15, 0.2) is 28.7 Å². The fourth-order valence-corrected chi connectivity index (χ4v) is 1.83. The van der Waals surface area contributed by atoms with E-state index in [2.05, 4.69) is 36.6 Å². The van der Waals surface area contributed by atoms with Gasteiger partial charge in [-0.15, -0.1) is 0 Å². The van der Waals surface area contributed by atoms with E-state index >= 15 is 0 Å². The number of nitrogen functional groups attached to an aromatic ring is 1. The molecule has 0 bridgehead atoms. The van der Waals surface area contributed by atoms with Gasteiger partial charge in [-0.1, -0.05) is 15.9 Å². The second-order valence-corrected chi connectivity index (χ2v) is 5.05. The molecule has 2 rings (SSSR count). The Labute approximate surface area is 126 Å². The zero-order valence-corrected chi connectivity index (χ0v) is 12.4. The Morgan fingerprint density at radius 3 is 2.38 bits per heavy atom. The molecule has 0 aliphatic carbocycles. The lowest BCUT2D eigenvalue weighted by Gasteiger charge is -2.12. The van der Waals surface area contributed by atoms with Crippen molar-refractivity contribution in [3.8, 4) is 0 Å². The highest BCUT2D eigenvalue weighted by Crippen LogP contribution is 2.29. The van der Waals surface area contributed by atoms with Gasteiger partial charge in [0.25, 0.3) is 0 Å². The number of aryl methyl sites for hydroxylation is 1. The summed E-state index contributed by atoms with van der Waals surface area (Å²) in [4.78, 5) is 6.72. The molecule has 4 N–H and O–H groups in total. The van der Waals surface area contributed by atoms with Gasteiger partial charge in [0, 0.05) is 16.2 Å². The molecule has 2 aromatic rings. The maximum Gasteiger partial charge on any atom is 0.451 e. The Kier molecular flexibility index (Phi) is 4.33. The summed E-state index contributed by atoms with van der Waals surface area (Å²) in [5, 5.41) is 2.79. The first-order valence-corrected chi connectivity index (χ1v) is 6.55. The number of benzene rings is 1. The number of nitrogens with zero attached hydrogens (tertiary/aromatic N) is 2. The van der Waals surface area contributed by atoms with Gasteiger partial charge in [-0.2, -0.15) is 13.2 Å². The minimum atomic E-state index is -4.65. The number of anilines is 3. The van der Waals surface area contributed by atoms with Crippen molar-refractivity contribution in [2.45, 2.75) is 13.1 Å². The van der Waals surface area contributed by atoms with Gasteiger partial charge in [0.2, 0.25) is 5.82 Å². The molecule has 112 valence electrons. The fourth-order valence-electron chi connectivity index (χ4n) is 1.58. The van der Waals surface area contributed by atoms with Crippen LogP contribution < -0.4 is 16.6 Å². The monoisotopic (exact) mass is 361 g/mol. The van der Waals surface area contributed by atoms with Gasteiger partial charge in [-0.3, -0.25) is 0 Å². The summed E-state index contributed by atoms with van der Waals surface area (Å²) in [7, 11) is 0. The molecule has 1 heterocycles. The number of hydrogen-bond acceptors (Lipinski definition) is 5. The summed E-state index contributed by atoms with van der Waals surface area (Å²) in [5.41, 5.74) is 3.62. The van der Waals surface area contributed by atoms with Crippen molar-refractivity contribution in [1.82, 2.24) is 9.97 Å². The van der Waals surface area contributed by atoms with Crippen LogP contribution in [0.3, 0.4) is 0 Å².